The summed E-state index contributed by atoms with van der Waals surface area (Å²) in [6.45, 7) is 1.22. The number of rotatable bonds is 6. The van der Waals surface area contributed by atoms with Gasteiger partial charge in [-0.1, -0.05) is 6.92 Å². The number of hydrogen-bond acceptors (Lipinski definition) is 5. The molecule has 102 valence electrons. The highest BCUT2D eigenvalue weighted by molar-refractivity contribution is 5.59. The third-order valence-electron chi connectivity index (χ3n) is 2.38. The van der Waals surface area contributed by atoms with Crippen molar-refractivity contribution in [3.8, 4) is 0 Å². The summed E-state index contributed by atoms with van der Waals surface area (Å²) in [5.74, 6) is 0.0107. The molecule has 1 atom stereocenters. The van der Waals surface area contributed by atoms with Gasteiger partial charge in [-0.2, -0.15) is 5.10 Å². The topological polar surface area (TPSA) is 93.2 Å². The number of aliphatic hydroxyl groups is 1. The first-order chi connectivity index (χ1) is 8.38. The van der Waals surface area contributed by atoms with E-state index in [1.54, 1.807) is 6.92 Å². The summed E-state index contributed by atoms with van der Waals surface area (Å²) in [5.41, 5.74) is 0.0120. The van der Waals surface area contributed by atoms with Crippen LogP contribution >= 0.6 is 0 Å². The molecule has 1 heterocycles. The average Bonchev–Trinajstić information content (AvgIpc) is 2.62. The maximum Gasteiger partial charge on any atom is 0.333 e. The van der Waals surface area contributed by atoms with E-state index < -0.39 is 24.0 Å². The van der Waals surface area contributed by atoms with Gasteiger partial charge >= 0.3 is 5.69 Å². The van der Waals surface area contributed by atoms with Crippen molar-refractivity contribution in [2.75, 3.05) is 11.9 Å². The minimum Gasteiger partial charge on any atom is -0.385 e. The van der Waals surface area contributed by atoms with Crippen LogP contribution < -0.4 is 5.32 Å². The van der Waals surface area contributed by atoms with Crippen LogP contribution in [0, 0.1) is 10.1 Å². The molecule has 7 nitrogen and oxygen atoms in total. The summed E-state index contributed by atoms with van der Waals surface area (Å²) in [6.07, 6.45) is -4.44. The van der Waals surface area contributed by atoms with Gasteiger partial charge in [0.25, 0.3) is 6.43 Å². The summed E-state index contributed by atoms with van der Waals surface area (Å²) >= 11 is 0. The van der Waals surface area contributed by atoms with Crippen molar-refractivity contribution in [2.45, 2.75) is 25.9 Å². The van der Waals surface area contributed by atoms with Crippen molar-refractivity contribution in [1.82, 2.24) is 9.78 Å². The molecule has 0 aliphatic carbocycles. The number of alkyl halides is 2. The Morgan fingerprint density at radius 1 is 1.61 bits per heavy atom. The Bertz CT molecular complexity index is 436. The quantitative estimate of drug-likeness (QED) is 0.589. The summed E-state index contributed by atoms with van der Waals surface area (Å²) in [4.78, 5) is 10.3. The zero-order chi connectivity index (χ0) is 13.9. The van der Waals surface area contributed by atoms with E-state index in [9.17, 15) is 18.9 Å². The molecule has 1 rings (SSSR count). The number of aryl methyl sites for hydroxylation is 2. The summed E-state index contributed by atoms with van der Waals surface area (Å²) in [7, 11) is 1.46. The minimum absolute atomic E-state index is 0.0107. The number of aliphatic hydroxyl groups excluding tert-OH is 1. The molecule has 0 fully saturated rings. The third-order valence-corrected chi connectivity index (χ3v) is 2.38. The lowest BCUT2D eigenvalue weighted by atomic mass is 10.3. The summed E-state index contributed by atoms with van der Waals surface area (Å²) < 4.78 is 25.4. The van der Waals surface area contributed by atoms with Crippen LogP contribution in [0.1, 0.15) is 12.6 Å². The van der Waals surface area contributed by atoms with Crippen molar-refractivity contribution in [3.05, 3.63) is 15.8 Å². The van der Waals surface area contributed by atoms with Crippen LogP contribution in [-0.2, 0) is 13.5 Å². The SMILES string of the molecule is CCc1nn(C)c(NCC(O)C(F)F)c1[N+](=O)[O-]. The van der Waals surface area contributed by atoms with E-state index >= 15 is 0 Å². The van der Waals surface area contributed by atoms with Gasteiger partial charge in [0, 0.05) is 13.6 Å². The lowest BCUT2D eigenvalue weighted by molar-refractivity contribution is -0.384. The van der Waals surface area contributed by atoms with Crippen molar-refractivity contribution < 1.29 is 18.8 Å². The molecule has 0 amide bonds. The highest BCUT2D eigenvalue weighted by atomic mass is 19.3. The Hall–Kier alpha value is -1.77. The van der Waals surface area contributed by atoms with Crippen molar-refractivity contribution >= 4 is 11.5 Å². The van der Waals surface area contributed by atoms with Crippen LogP contribution in [0.25, 0.3) is 0 Å². The molecule has 0 radical (unpaired) electrons. The zero-order valence-corrected chi connectivity index (χ0v) is 9.93. The molecule has 1 unspecified atom stereocenters. The molecular formula is C9H14F2N4O3. The highest BCUT2D eigenvalue weighted by Crippen LogP contribution is 2.28. The molecule has 0 aliphatic rings. The van der Waals surface area contributed by atoms with E-state index in [0.717, 1.165) is 0 Å². The van der Waals surface area contributed by atoms with Gasteiger partial charge in [0.05, 0.1) is 4.92 Å². The van der Waals surface area contributed by atoms with Gasteiger partial charge in [-0.05, 0) is 6.42 Å². The van der Waals surface area contributed by atoms with Gasteiger partial charge in [0.15, 0.2) is 0 Å². The van der Waals surface area contributed by atoms with Gasteiger partial charge in [-0.25, -0.2) is 13.5 Å². The van der Waals surface area contributed by atoms with E-state index in [0.29, 0.717) is 6.42 Å². The molecular weight excluding hydrogens is 250 g/mol. The Kier molecular flexibility index (Phi) is 4.54. The van der Waals surface area contributed by atoms with Gasteiger partial charge in [-0.15, -0.1) is 0 Å². The molecule has 0 bridgehead atoms. The van der Waals surface area contributed by atoms with Gasteiger partial charge < -0.3 is 10.4 Å². The van der Waals surface area contributed by atoms with Gasteiger partial charge in [-0.3, -0.25) is 10.1 Å². The Balaban J connectivity index is 2.94. The van der Waals surface area contributed by atoms with E-state index in [2.05, 4.69) is 10.4 Å². The predicted octanol–water partition coefficient (Wildman–Crippen LogP) is 0.929. The summed E-state index contributed by atoms with van der Waals surface area (Å²) in [6, 6.07) is 0. The Morgan fingerprint density at radius 3 is 2.67 bits per heavy atom. The van der Waals surface area contributed by atoms with E-state index in [1.807, 2.05) is 0 Å². The predicted molar refractivity (Wildman–Crippen MR) is 59.7 cm³/mol. The fraction of sp³-hybridized carbons (Fsp3) is 0.667. The lowest BCUT2D eigenvalue weighted by Crippen LogP contribution is -2.27. The molecule has 2 N–H and O–H groups in total. The number of aromatic nitrogens is 2. The van der Waals surface area contributed by atoms with Gasteiger partial charge in [0.1, 0.15) is 11.8 Å². The first-order valence-electron chi connectivity index (χ1n) is 5.28. The fourth-order valence-electron chi connectivity index (χ4n) is 1.49. The molecule has 1 aromatic rings. The van der Waals surface area contributed by atoms with Crippen LogP contribution in [0.5, 0.6) is 0 Å². The molecule has 18 heavy (non-hydrogen) atoms. The Morgan fingerprint density at radius 2 is 2.22 bits per heavy atom. The minimum atomic E-state index is -2.91. The second kappa shape index (κ2) is 5.71. The molecule has 0 saturated heterocycles. The third kappa shape index (κ3) is 2.92. The highest BCUT2D eigenvalue weighted by Gasteiger charge is 2.26. The maximum atomic E-state index is 12.1. The van der Waals surface area contributed by atoms with E-state index in [1.165, 1.54) is 11.7 Å². The number of nitrogens with zero attached hydrogens (tertiary/aromatic N) is 3. The van der Waals surface area contributed by atoms with Crippen LogP contribution in [0.3, 0.4) is 0 Å². The Labute approximate surface area is 102 Å². The van der Waals surface area contributed by atoms with E-state index in [4.69, 9.17) is 5.11 Å². The second-order valence-corrected chi connectivity index (χ2v) is 3.66. The number of anilines is 1. The largest absolute Gasteiger partial charge is 0.385 e. The monoisotopic (exact) mass is 264 g/mol. The molecule has 0 saturated carbocycles. The number of halogens is 2. The number of hydrogen-bond donors (Lipinski definition) is 2. The van der Waals surface area contributed by atoms with Crippen LogP contribution in [0.4, 0.5) is 20.3 Å². The van der Waals surface area contributed by atoms with Crippen LogP contribution in [0.2, 0.25) is 0 Å². The zero-order valence-electron chi connectivity index (χ0n) is 9.93. The molecule has 1 aromatic heterocycles. The van der Waals surface area contributed by atoms with E-state index in [-0.39, 0.29) is 17.2 Å². The fourth-order valence-corrected chi connectivity index (χ4v) is 1.49. The molecule has 0 spiro atoms. The standard InChI is InChI=1S/C9H14F2N4O3/c1-3-5-7(15(17)18)9(14(2)13-5)12-4-6(16)8(10)11/h6,8,12,16H,3-4H2,1-2H3. The smallest absolute Gasteiger partial charge is 0.333 e. The van der Waals surface area contributed by atoms with Crippen molar-refractivity contribution in [3.63, 3.8) is 0 Å². The van der Waals surface area contributed by atoms with Crippen LogP contribution in [-0.4, -0.2) is 38.9 Å². The number of nitro groups is 1. The van der Waals surface area contributed by atoms with Crippen LogP contribution in [0.15, 0.2) is 0 Å². The maximum absolute atomic E-state index is 12.1. The normalized spacial score (nSPS) is 12.8. The van der Waals surface area contributed by atoms with Gasteiger partial charge in [0.2, 0.25) is 5.82 Å². The molecule has 0 aromatic carbocycles. The summed E-state index contributed by atoms with van der Waals surface area (Å²) in [5, 5.41) is 26.2. The lowest BCUT2D eigenvalue weighted by Gasteiger charge is -2.11. The van der Waals surface area contributed by atoms with Crippen molar-refractivity contribution in [1.29, 1.82) is 0 Å². The second-order valence-electron chi connectivity index (χ2n) is 3.66. The molecule has 0 aliphatic heterocycles. The first-order valence-corrected chi connectivity index (χ1v) is 5.28. The van der Waals surface area contributed by atoms with Crippen molar-refractivity contribution in [2.24, 2.45) is 7.05 Å². The average molecular weight is 264 g/mol. The number of nitrogens with one attached hydrogen (secondary N) is 1. The first kappa shape index (κ1) is 14.3. The molecule has 9 heteroatoms.